The summed E-state index contributed by atoms with van der Waals surface area (Å²) in [6.07, 6.45) is 0.326. The van der Waals surface area contributed by atoms with Crippen molar-refractivity contribution in [3.63, 3.8) is 0 Å². The molecule has 0 aromatic heterocycles. The first-order chi connectivity index (χ1) is 12.9. The van der Waals surface area contributed by atoms with E-state index in [0.717, 1.165) is 0 Å². The number of carbonyl (C=O) groups is 2. The molecule has 1 atom stereocenters. The van der Waals surface area contributed by atoms with E-state index in [1.54, 1.807) is 37.3 Å². The monoisotopic (exact) mass is 428 g/mol. The number of rotatable bonds is 8. The Morgan fingerprint density at radius 1 is 0.889 bits per heavy atom. The Labute approximate surface area is 169 Å². The molecule has 5 nitrogen and oxygen atoms in total. The minimum Gasteiger partial charge on any atom is -0.496 e. The van der Waals surface area contributed by atoms with Gasteiger partial charge < -0.3 is 14.2 Å². The van der Waals surface area contributed by atoms with E-state index in [9.17, 15) is 9.59 Å². The summed E-state index contributed by atoms with van der Waals surface area (Å²) in [4.78, 5) is 26.4. The van der Waals surface area contributed by atoms with Crippen molar-refractivity contribution < 1.29 is 23.8 Å². The summed E-state index contributed by atoms with van der Waals surface area (Å²) in [7, 11) is 2.60. The summed E-state index contributed by atoms with van der Waals surface area (Å²) < 4.78 is 15.9. The smallest absolute Gasteiger partial charge is 0.199 e. The van der Waals surface area contributed by atoms with Gasteiger partial charge >= 0.3 is 0 Å². The van der Waals surface area contributed by atoms with Gasteiger partial charge in [0.05, 0.1) is 36.9 Å². The molecule has 144 valence electrons. The number of benzene rings is 2. The molecule has 1 unspecified atom stereocenters. The van der Waals surface area contributed by atoms with Crippen LogP contribution in [-0.2, 0) is 0 Å². The summed E-state index contributed by atoms with van der Waals surface area (Å²) in [5.41, 5.74) is -0.392. The zero-order chi connectivity index (χ0) is 20.1. The van der Waals surface area contributed by atoms with Crippen molar-refractivity contribution >= 4 is 42.2 Å². The van der Waals surface area contributed by atoms with Crippen LogP contribution in [0.25, 0.3) is 0 Å². The Morgan fingerprint density at radius 2 is 1.37 bits per heavy atom. The SMILES string of the molecule is CCP(C(=O)c1c(Cl)cccc1Cl)C(=O)c1c(OC)cc(OC)cc1OC. The zero-order valence-corrected chi connectivity index (χ0v) is 17.7. The number of hydrogen-bond donors (Lipinski definition) is 0. The lowest BCUT2D eigenvalue weighted by Gasteiger charge is -2.19. The fraction of sp³-hybridized carbons (Fsp3) is 0.263. The van der Waals surface area contributed by atoms with Crippen molar-refractivity contribution in [1.29, 1.82) is 0 Å². The fourth-order valence-electron chi connectivity index (χ4n) is 2.57. The van der Waals surface area contributed by atoms with Crippen LogP contribution in [0.15, 0.2) is 30.3 Å². The van der Waals surface area contributed by atoms with Gasteiger partial charge in [-0.05, 0) is 18.3 Å². The maximum absolute atomic E-state index is 13.3. The van der Waals surface area contributed by atoms with Crippen LogP contribution in [0, 0.1) is 0 Å². The van der Waals surface area contributed by atoms with Gasteiger partial charge in [0.25, 0.3) is 0 Å². The lowest BCUT2D eigenvalue weighted by atomic mass is 10.2. The lowest BCUT2D eigenvalue weighted by Crippen LogP contribution is -2.11. The summed E-state index contributed by atoms with van der Waals surface area (Å²) in [6, 6.07) is 7.94. The second-order valence-corrected chi connectivity index (χ2v) is 8.47. The van der Waals surface area contributed by atoms with Crippen molar-refractivity contribution in [2.75, 3.05) is 27.5 Å². The highest BCUT2D eigenvalue weighted by Crippen LogP contribution is 2.49. The largest absolute Gasteiger partial charge is 0.496 e. The molecule has 0 aliphatic rings. The van der Waals surface area contributed by atoms with Crippen LogP contribution in [0.5, 0.6) is 17.2 Å². The summed E-state index contributed by atoms with van der Waals surface area (Å²) in [5, 5.41) is 0.435. The lowest BCUT2D eigenvalue weighted by molar-refractivity contribution is 0.105. The van der Waals surface area contributed by atoms with Gasteiger partial charge in [-0.3, -0.25) is 9.59 Å². The molecule has 0 aliphatic heterocycles. The third-order valence-electron chi connectivity index (χ3n) is 3.91. The van der Waals surface area contributed by atoms with Gasteiger partial charge in [0.15, 0.2) is 11.0 Å². The Hall–Kier alpha value is -1.81. The standard InChI is InChI=1S/C19H19Cl2O5P/c1-5-27(18(22)16-12(20)7-6-8-13(16)21)19(23)17-14(25-3)9-11(24-2)10-15(17)26-4/h6-10H,5H2,1-4H3. The maximum Gasteiger partial charge on any atom is 0.199 e. The molecule has 0 aliphatic carbocycles. The number of hydrogen-bond acceptors (Lipinski definition) is 5. The molecule has 0 spiro atoms. The molecule has 27 heavy (non-hydrogen) atoms. The molecule has 0 N–H and O–H groups in total. The maximum atomic E-state index is 13.3. The van der Waals surface area contributed by atoms with Crippen molar-refractivity contribution in [3.05, 3.63) is 51.5 Å². The van der Waals surface area contributed by atoms with E-state index in [-0.39, 0.29) is 43.7 Å². The summed E-state index contributed by atoms with van der Waals surface area (Å²) in [6.45, 7) is 1.77. The van der Waals surface area contributed by atoms with E-state index < -0.39 is 7.92 Å². The van der Waals surface area contributed by atoms with Crippen LogP contribution in [0.1, 0.15) is 27.6 Å². The van der Waals surface area contributed by atoms with Crippen LogP contribution in [-0.4, -0.2) is 38.5 Å². The second-order valence-electron chi connectivity index (χ2n) is 5.36. The molecule has 2 rings (SSSR count). The van der Waals surface area contributed by atoms with Crippen molar-refractivity contribution in [3.8, 4) is 17.2 Å². The first-order valence-corrected chi connectivity index (χ1v) is 10.3. The van der Waals surface area contributed by atoms with Crippen LogP contribution in [0.4, 0.5) is 0 Å². The van der Waals surface area contributed by atoms with Crippen LogP contribution in [0.3, 0.4) is 0 Å². The van der Waals surface area contributed by atoms with Gasteiger partial charge in [0.2, 0.25) is 0 Å². The summed E-state index contributed by atoms with van der Waals surface area (Å²) in [5.74, 6) is 1.02. The quantitative estimate of drug-likeness (QED) is 0.519. The minimum absolute atomic E-state index is 0.161. The number of halogens is 2. The van der Waals surface area contributed by atoms with Crippen LogP contribution >= 0.6 is 31.1 Å². The molecule has 2 aromatic carbocycles. The van der Waals surface area contributed by atoms with Crippen molar-refractivity contribution in [2.24, 2.45) is 0 Å². The second kappa shape index (κ2) is 9.41. The predicted octanol–water partition coefficient (Wildman–Crippen LogP) is 5.50. The first kappa shape index (κ1) is 21.5. The van der Waals surface area contributed by atoms with E-state index in [1.165, 1.54) is 21.3 Å². The normalized spacial score (nSPS) is 11.6. The van der Waals surface area contributed by atoms with Crippen LogP contribution in [0.2, 0.25) is 10.0 Å². The Balaban J connectivity index is 2.56. The molecule has 0 saturated carbocycles. The van der Waals surface area contributed by atoms with Crippen molar-refractivity contribution in [2.45, 2.75) is 6.92 Å². The molecule has 0 bridgehead atoms. The Morgan fingerprint density at radius 3 is 1.78 bits per heavy atom. The van der Waals surface area contributed by atoms with E-state index in [4.69, 9.17) is 37.4 Å². The van der Waals surface area contributed by atoms with Gasteiger partial charge in [0.1, 0.15) is 22.8 Å². The Kier molecular flexibility index (Phi) is 7.49. The molecule has 2 aromatic rings. The molecule has 8 heteroatoms. The number of carbonyl (C=O) groups excluding carboxylic acids is 2. The molecule has 0 saturated heterocycles. The van der Waals surface area contributed by atoms with Crippen LogP contribution < -0.4 is 14.2 Å². The highest BCUT2D eigenvalue weighted by molar-refractivity contribution is 7.90. The van der Waals surface area contributed by atoms with Crippen molar-refractivity contribution in [1.82, 2.24) is 0 Å². The minimum atomic E-state index is -1.77. The molecular formula is C19H19Cl2O5P. The number of methoxy groups -OCH3 is 3. The van der Waals surface area contributed by atoms with Gasteiger partial charge in [-0.25, -0.2) is 0 Å². The van der Waals surface area contributed by atoms with E-state index in [1.807, 2.05) is 0 Å². The summed E-state index contributed by atoms with van der Waals surface area (Å²) >= 11 is 12.3. The fourth-order valence-corrected chi connectivity index (χ4v) is 5.03. The average molecular weight is 429 g/mol. The van der Waals surface area contributed by atoms with Gasteiger partial charge in [-0.1, -0.05) is 36.2 Å². The predicted molar refractivity (Wildman–Crippen MR) is 109 cm³/mol. The third kappa shape index (κ3) is 4.37. The number of ether oxygens (including phenoxy) is 3. The molecule has 0 radical (unpaired) electrons. The molecule has 0 fully saturated rings. The molecule has 0 heterocycles. The highest BCUT2D eigenvalue weighted by atomic mass is 35.5. The highest BCUT2D eigenvalue weighted by Gasteiger charge is 2.33. The van der Waals surface area contributed by atoms with E-state index in [0.29, 0.717) is 11.9 Å². The zero-order valence-electron chi connectivity index (χ0n) is 15.3. The topological polar surface area (TPSA) is 61.8 Å². The third-order valence-corrected chi connectivity index (χ3v) is 6.60. The van der Waals surface area contributed by atoms with Gasteiger partial charge in [0, 0.05) is 20.1 Å². The average Bonchev–Trinajstić information content (AvgIpc) is 2.66. The van der Waals surface area contributed by atoms with E-state index in [2.05, 4.69) is 0 Å². The van der Waals surface area contributed by atoms with Gasteiger partial charge in [-0.15, -0.1) is 0 Å². The van der Waals surface area contributed by atoms with E-state index >= 15 is 0 Å². The first-order valence-electron chi connectivity index (χ1n) is 7.99. The molecular weight excluding hydrogens is 410 g/mol. The van der Waals surface area contributed by atoms with Gasteiger partial charge in [-0.2, -0.15) is 0 Å². The Bertz CT molecular complexity index is 824. The molecule has 0 amide bonds.